The van der Waals surface area contributed by atoms with Crippen LogP contribution in [0.25, 0.3) is 0 Å². The number of anilines is 1. The summed E-state index contributed by atoms with van der Waals surface area (Å²) in [7, 11) is 0. The topological polar surface area (TPSA) is 32.3 Å². The highest BCUT2D eigenvalue weighted by Crippen LogP contribution is 2.09. The molecule has 0 aliphatic heterocycles. The normalized spacial score (nSPS) is 10.1. The molecule has 0 aromatic heterocycles. The van der Waals surface area contributed by atoms with Crippen LogP contribution in [-0.4, -0.2) is 16.9 Å². The molecule has 2 N–H and O–H groups in total. The summed E-state index contributed by atoms with van der Waals surface area (Å²) in [5.41, 5.74) is 2.52. The summed E-state index contributed by atoms with van der Waals surface area (Å²) in [5, 5.41) is 3.31. The molecule has 0 aliphatic rings. The van der Waals surface area contributed by atoms with Crippen molar-refractivity contribution < 1.29 is 4.55 Å². The van der Waals surface area contributed by atoms with Gasteiger partial charge in [-0.2, -0.15) is 0 Å². The van der Waals surface area contributed by atoms with E-state index in [4.69, 9.17) is 4.55 Å². The van der Waals surface area contributed by atoms with Gasteiger partial charge in [0.2, 0.25) is 0 Å². The van der Waals surface area contributed by atoms with Gasteiger partial charge in [-0.1, -0.05) is 19.1 Å². The number of benzene rings is 1. The Hall–Kier alpha value is -0.670. The molecular weight excluding hydrogens is 194 g/mol. The first-order valence-electron chi connectivity index (χ1n) is 4.96. The average Bonchev–Trinajstić information content (AvgIpc) is 2.25. The third-order valence-electron chi connectivity index (χ3n) is 2.10. The van der Waals surface area contributed by atoms with E-state index >= 15 is 0 Å². The highest BCUT2D eigenvalue weighted by molar-refractivity contribution is 7.93. The molecule has 0 unspecified atom stereocenters. The minimum atomic E-state index is 0.792. The van der Waals surface area contributed by atoms with Crippen molar-refractivity contribution in [1.29, 1.82) is 0 Å². The second-order valence-corrected chi connectivity index (χ2v) is 3.83. The molecule has 0 saturated carbocycles. The van der Waals surface area contributed by atoms with Crippen molar-refractivity contribution >= 4 is 17.7 Å². The molecule has 0 bridgehead atoms. The monoisotopic (exact) mass is 211 g/mol. The molecule has 0 radical (unpaired) electrons. The fraction of sp³-hybridized carbons (Fsp3) is 0.455. The molecule has 78 valence electrons. The lowest BCUT2D eigenvalue weighted by Gasteiger charge is -2.05. The molecule has 0 heterocycles. The van der Waals surface area contributed by atoms with Crippen molar-refractivity contribution in [2.75, 3.05) is 17.6 Å². The Balaban J connectivity index is 2.29. The zero-order valence-corrected chi connectivity index (χ0v) is 9.31. The van der Waals surface area contributed by atoms with E-state index in [1.807, 2.05) is 0 Å². The van der Waals surface area contributed by atoms with Crippen LogP contribution in [0.4, 0.5) is 5.69 Å². The molecule has 0 saturated heterocycles. The van der Waals surface area contributed by atoms with Gasteiger partial charge in [-0.15, -0.1) is 0 Å². The first kappa shape index (κ1) is 11.4. The summed E-state index contributed by atoms with van der Waals surface area (Å²) in [4.78, 5) is 0. The Kier molecular flexibility index (Phi) is 5.49. The Morgan fingerprint density at radius 3 is 2.57 bits per heavy atom. The number of aryl methyl sites for hydroxylation is 1. The molecule has 1 aromatic carbocycles. The molecule has 0 aliphatic carbocycles. The summed E-state index contributed by atoms with van der Waals surface area (Å²) < 4.78 is 8.52. The maximum Gasteiger partial charge on any atom is 0.0340 e. The third-order valence-corrected chi connectivity index (χ3v) is 2.57. The van der Waals surface area contributed by atoms with Gasteiger partial charge >= 0.3 is 0 Å². The van der Waals surface area contributed by atoms with Crippen LogP contribution in [0.1, 0.15) is 18.9 Å². The fourth-order valence-electron chi connectivity index (χ4n) is 1.23. The van der Waals surface area contributed by atoms with E-state index in [1.54, 1.807) is 0 Å². The number of hydrogen-bond donors (Lipinski definition) is 2. The van der Waals surface area contributed by atoms with Gasteiger partial charge in [0, 0.05) is 18.0 Å². The summed E-state index contributed by atoms with van der Waals surface area (Å²) >= 11 is 0.903. The molecular formula is C11H17NOS. The summed E-state index contributed by atoms with van der Waals surface area (Å²) in [6, 6.07) is 8.49. The van der Waals surface area contributed by atoms with Crippen molar-refractivity contribution in [3.8, 4) is 0 Å². The lowest BCUT2D eigenvalue weighted by molar-refractivity contribution is 0.661. The molecule has 0 fully saturated rings. The van der Waals surface area contributed by atoms with Crippen LogP contribution in [-0.2, 0) is 6.42 Å². The maximum atomic E-state index is 8.52. The lowest BCUT2D eigenvalue weighted by atomic mass is 10.1. The Morgan fingerprint density at radius 1 is 1.29 bits per heavy atom. The van der Waals surface area contributed by atoms with Crippen LogP contribution in [0.5, 0.6) is 0 Å². The Bertz CT molecular complexity index is 248. The van der Waals surface area contributed by atoms with Crippen molar-refractivity contribution in [1.82, 2.24) is 0 Å². The van der Waals surface area contributed by atoms with Crippen LogP contribution < -0.4 is 5.32 Å². The van der Waals surface area contributed by atoms with Crippen LogP contribution >= 0.6 is 12.0 Å². The summed E-state index contributed by atoms with van der Waals surface area (Å²) in [6.07, 6.45) is 2.07. The van der Waals surface area contributed by atoms with E-state index in [1.165, 1.54) is 5.56 Å². The van der Waals surface area contributed by atoms with Crippen LogP contribution in [0.2, 0.25) is 0 Å². The Morgan fingerprint density at radius 2 is 2.00 bits per heavy atom. The van der Waals surface area contributed by atoms with Crippen LogP contribution in [0, 0.1) is 0 Å². The van der Waals surface area contributed by atoms with Gasteiger partial charge in [0.25, 0.3) is 0 Å². The second kappa shape index (κ2) is 6.74. The standard InChI is InChI=1S/C11H17NOS/c1-2-10-4-6-11(7-5-10)12-8-3-9-14-13/h4-7,12-13H,2-3,8-9H2,1H3. The largest absolute Gasteiger partial charge is 0.385 e. The van der Waals surface area contributed by atoms with Gasteiger partial charge in [-0.3, -0.25) is 0 Å². The molecule has 14 heavy (non-hydrogen) atoms. The zero-order valence-electron chi connectivity index (χ0n) is 8.49. The maximum absolute atomic E-state index is 8.52. The van der Waals surface area contributed by atoms with E-state index in [9.17, 15) is 0 Å². The zero-order chi connectivity index (χ0) is 10.2. The SMILES string of the molecule is CCc1ccc(NCCCSO)cc1. The molecule has 0 amide bonds. The summed E-state index contributed by atoms with van der Waals surface area (Å²) in [6.45, 7) is 3.07. The third kappa shape index (κ3) is 4.03. The Labute approximate surface area is 89.9 Å². The summed E-state index contributed by atoms with van der Waals surface area (Å²) in [5.74, 6) is 0.792. The minimum absolute atomic E-state index is 0.792. The molecule has 0 atom stereocenters. The van der Waals surface area contributed by atoms with E-state index < -0.39 is 0 Å². The highest BCUT2D eigenvalue weighted by atomic mass is 32.2. The highest BCUT2D eigenvalue weighted by Gasteiger charge is 1.92. The lowest BCUT2D eigenvalue weighted by Crippen LogP contribution is -2.02. The van der Waals surface area contributed by atoms with Crippen molar-refractivity contribution in [3.05, 3.63) is 29.8 Å². The molecule has 3 heteroatoms. The quantitative estimate of drug-likeness (QED) is 0.559. The van der Waals surface area contributed by atoms with Crippen LogP contribution in [0.15, 0.2) is 24.3 Å². The van der Waals surface area contributed by atoms with Gasteiger partial charge in [-0.05, 0) is 42.6 Å². The predicted molar refractivity (Wildman–Crippen MR) is 64.0 cm³/mol. The van der Waals surface area contributed by atoms with Crippen LogP contribution in [0.3, 0.4) is 0 Å². The minimum Gasteiger partial charge on any atom is -0.385 e. The number of nitrogens with one attached hydrogen (secondary N) is 1. The van der Waals surface area contributed by atoms with E-state index in [2.05, 4.69) is 36.5 Å². The van der Waals surface area contributed by atoms with Gasteiger partial charge in [-0.25, -0.2) is 0 Å². The van der Waals surface area contributed by atoms with E-state index in [0.717, 1.165) is 42.9 Å². The number of rotatable bonds is 6. The van der Waals surface area contributed by atoms with Gasteiger partial charge in [0.05, 0.1) is 0 Å². The predicted octanol–water partition coefficient (Wildman–Crippen LogP) is 3.26. The fourth-order valence-corrected chi connectivity index (χ4v) is 1.50. The first-order valence-corrected chi connectivity index (χ1v) is 5.90. The molecule has 0 spiro atoms. The van der Waals surface area contributed by atoms with E-state index in [0.29, 0.717) is 0 Å². The van der Waals surface area contributed by atoms with Gasteiger partial charge < -0.3 is 9.87 Å². The molecule has 2 nitrogen and oxygen atoms in total. The molecule has 1 aromatic rings. The first-order chi connectivity index (χ1) is 6.86. The van der Waals surface area contributed by atoms with E-state index in [-0.39, 0.29) is 0 Å². The molecule has 1 rings (SSSR count). The van der Waals surface area contributed by atoms with Gasteiger partial charge in [0.1, 0.15) is 0 Å². The van der Waals surface area contributed by atoms with Crippen molar-refractivity contribution in [3.63, 3.8) is 0 Å². The smallest absolute Gasteiger partial charge is 0.0340 e. The van der Waals surface area contributed by atoms with Crippen molar-refractivity contribution in [2.24, 2.45) is 0 Å². The number of hydrogen-bond acceptors (Lipinski definition) is 3. The van der Waals surface area contributed by atoms with Gasteiger partial charge in [0.15, 0.2) is 0 Å². The van der Waals surface area contributed by atoms with Crippen molar-refractivity contribution in [2.45, 2.75) is 19.8 Å². The second-order valence-electron chi connectivity index (χ2n) is 3.16. The average molecular weight is 211 g/mol.